The number of fused-ring (bicyclic) bond motifs is 1. The Labute approximate surface area is 217 Å². The zero-order chi connectivity index (χ0) is 25.9. The lowest BCUT2D eigenvalue weighted by Crippen LogP contribution is -2.36. The maximum Gasteiger partial charge on any atom is 0.277 e. The van der Waals surface area contributed by atoms with Gasteiger partial charge < -0.3 is 19.6 Å². The number of nitrogens with zero attached hydrogens (tertiary/aromatic N) is 6. The van der Waals surface area contributed by atoms with Gasteiger partial charge in [-0.25, -0.2) is 25.4 Å². The highest BCUT2D eigenvalue weighted by molar-refractivity contribution is 7.19. The summed E-state index contributed by atoms with van der Waals surface area (Å²) in [6.07, 6.45) is 2.15. The number of amides is 1. The molecule has 5 rings (SSSR count). The molecule has 0 aliphatic carbocycles. The van der Waals surface area contributed by atoms with E-state index in [-0.39, 0.29) is 5.56 Å². The summed E-state index contributed by atoms with van der Waals surface area (Å²) < 4.78 is 6.56. The number of morpholine rings is 1. The molecule has 0 bridgehead atoms. The van der Waals surface area contributed by atoms with Crippen molar-refractivity contribution in [2.45, 2.75) is 19.6 Å². The molecule has 0 spiro atoms. The second-order valence-corrected chi connectivity index (χ2v) is 9.90. The first kappa shape index (κ1) is 25.0. The molecule has 1 fully saturated rings. The zero-order valence-electron chi connectivity index (χ0n) is 20.5. The van der Waals surface area contributed by atoms with Gasteiger partial charge in [0.15, 0.2) is 11.6 Å². The largest absolute Gasteiger partial charge is 0.389 e. The lowest BCUT2D eigenvalue weighted by molar-refractivity contribution is 0.0705. The standard InChI is InChI=1S/C25H27N7O4S/c1-15(33)16-4-3-5-17(10-16)22-28-20-11-19(37-21(20)23(29-22)32-6-8-36-9-7-32)14-31(2)25-26-12-18(13-27-25)24(34)30-35/h3-5,10-13,15,33,35H,6-9,14H2,1-2H3,(H,30,34)/t15-/m1/s1. The second kappa shape index (κ2) is 10.7. The number of nitrogens with one attached hydrogen (secondary N) is 1. The number of hydrogen-bond donors (Lipinski definition) is 3. The normalized spacial score (nSPS) is 14.5. The molecule has 0 unspecified atom stereocenters. The quantitative estimate of drug-likeness (QED) is 0.246. The number of carbonyl (C=O) groups is 1. The molecular formula is C25H27N7O4S. The predicted octanol–water partition coefficient (Wildman–Crippen LogP) is 2.79. The summed E-state index contributed by atoms with van der Waals surface area (Å²) in [7, 11) is 1.87. The Bertz CT molecular complexity index is 1400. The molecule has 37 heavy (non-hydrogen) atoms. The molecule has 1 saturated heterocycles. The number of rotatable bonds is 7. The first-order chi connectivity index (χ1) is 17.9. The van der Waals surface area contributed by atoms with Crippen molar-refractivity contribution in [2.75, 3.05) is 43.2 Å². The topological polar surface area (TPSA) is 137 Å². The summed E-state index contributed by atoms with van der Waals surface area (Å²) in [5.41, 5.74) is 4.24. The fraction of sp³-hybridized carbons (Fsp3) is 0.320. The lowest BCUT2D eigenvalue weighted by Gasteiger charge is -2.28. The van der Waals surface area contributed by atoms with Crippen LogP contribution in [0.2, 0.25) is 0 Å². The number of aliphatic hydroxyl groups excluding tert-OH is 1. The third kappa shape index (κ3) is 5.37. The molecule has 4 aromatic rings. The molecule has 11 nitrogen and oxygen atoms in total. The summed E-state index contributed by atoms with van der Waals surface area (Å²) in [6.45, 7) is 5.04. The first-order valence-corrected chi connectivity index (χ1v) is 12.6. The van der Waals surface area contributed by atoms with Crippen LogP contribution in [0, 0.1) is 0 Å². The first-order valence-electron chi connectivity index (χ1n) is 11.8. The molecule has 1 aliphatic heterocycles. The van der Waals surface area contributed by atoms with Crippen molar-refractivity contribution < 1.29 is 19.8 Å². The summed E-state index contributed by atoms with van der Waals surface area (Å²) in [5, 5.41) is 18.8. The Morgan fingerprint density at radius 1 is 1.22 bits per heavy atom. The summed E-state index contributed by atoms with van der Waals surface area (Å²) in [6, 6.07) is 9.72. The smallest absolute Gasteiger partial charge is 0.277 e. The molecule has 12 heteroatoms. The van der Waals surface area contributed by atoms with Crippen LogP contribution in [0.1, 0.15) is 33.8 Å². The minimum Gasteiger partial charge on any atom is -0.389 e. The molecule has 1 aliphatic rings. The number of carbonyl (C=O) groups excluding carboxylic acids is 1. The second-order valence-electron chi connectivity index (χ2n) is 8.77. The van der Waals surface area contributed by atoms with Crippen molar-refractivity contribution in [3.63, 3.8) is 0 Å². The minimum absolute atomic E-state index is 0.166. The van der Waals surface area contributed by atoms with Crippen molar-refractivity contribution >= 4 is 39.2 Å². The minimum atomic E-state index is -0.664. The number of aromatic nitrogens is 4. The highest BCUT2D eigenvalue weighted by atomic mass is 32.1. The summed E-state index contributed by atoms with van der Waals surface area (Å²) >= 11 is 1.62. The van der Waals surface area contributed by atoms with Gasteiger partial charge in [0.05, 0.1) is 41.6 Å². The van der Waals surface area contributed by atoms with Crippen LogP contribution >= 0.6 is 11.3 Å². The van der Waals surface area contributed by atoms with Gasteiger partial charge in [-0.3, -0.25) is 10.0 Å². The van der Waals surface area contributed by atoms with Crippen LogP contribution in [-0.4, -0.2) is 69.5 Å². The van der Waals surface area contributed by atoms with Crippen molar-refractivity contribution in [1.82, 2.24) is 25.4 Å². The van der Waals surface area contributed by atoms with E-state index in [1.54, 1.807) is 23.7 Å². The van der Waals surface area contributed by atoms with E-state index in [0.29, 0.717) is 31.5 Å². The Balaban J connectivity index is 1.49. The molecule has 3 aromatic heterocycles. The Hall–Kier alpha value is -3.71. The predicted molar refractivity (Wildman–Crippen MR) is 140 cm³/mol. The molecule has 192 valence electrons. The van der Waals surface area contributed by atoms with E-state index in [2.05, 4.69) is 20.9 Å². The molecule has 0 saturated carbocycles. The number of thiophene rings is 1. The van der Waals surface area contributed by atoms with Gasteiger partial charge in [-0.1, -0.05) is 18.2 Å². The summed E-state index contributed by atoms with van der Waals surface area (Å²) in [4.78, 5) is 35.0. The van der Waals surface area contributed by atoms with E-state index < -0.39 is 12.0 Å². The average molecular weight is 522 g/mol. The maximum absolute atomic E-state index is 11.5. The number of hydroxylamine groups is 1. The number of aliphatic hydroxyl groups is 1. The van der Waals surface area contributed by atoms with Crippen LogP contribution in [0.25, 0.3) is 21.6 Å². The zero-order valence-corrected chi connectivity index (χ0v) is 21.3. The Morgan fingerprint density at radius 2 is 1.97 bits per heavy atom. The van der Waals surface area contributed by atoms with Gasteiger partial charge in [0.25, 0.3) is 5.91 Å². The summed E-state index contributed by atoms with van der Waals surface area (Å²) in [5.74, 6) is 1.26. The Kier molecular flexibility index (Phi) is 7.24. The van der Waals surface area contributed by atoms with Gasteiger partial charge in [0.2, 0.25) is 5.95 Å². The number of hydrogen-bond acceptors (Lipinski definition) is 11. The fourth-order valence-corrected chi connectivity index (χ4v) is 5.27. The van der Waals surface area contributed by atoms with Gasteiger partial charge in [-0.2, -0.15) is 0 Å². The molecule has 4 heterocycles. The van der Waals surface area contributed by atoms with E-state index in [9.17, 15) is 9.90 Å². The maximum atomic E-state index is 11.5. The van der Waals surface area contributed by atoms with Gasteiger partial charge in [-0.05, 0) is 24.6 Å². The van der Waals surface area contributed by atoms with E-state index >= 15 is 0 Å². The van der Waals surface area contributed by atoms with Crippen LogP contribution < -0.4 is 15.3 Å². The van der Waals surface area contributed by atoms with Gasteiger partial charge in [0.1, 0.15) is 0 Å². The van der Waals surface area contributed by atoms with Gasteiger partial charge in [0, 0.05) is 43.0 Å². The average Bonchev–Trinajstić information content (AvgIpc) is 3.35. The highest BCUT2D eigenvalue weighted by Gasteiger charge is 2.21. The van der Waals surface area contributed by atoms with Gasteiger partial charge in [-0.15, -0.1) is 11.3 Å². The SMILES string of the molecule is C[C@@H](O)c1cccc(-c2nc(N3CCOCC3)c3sc(CN(C)c4ncc(C(=O)NO)cn4)cc3n2)c1. The molecule has 1 atom stereocenters. The molecular weight excluding hydrogens is 494 g/mol. The van der Waals surface area contributed by atoms with Crippen molar-refractivity contribution in [1.29, 1.82) is 0 Å². The van der Waals surface area contributed by atoms with E-state index in [1.165, 1.54) is 12.4 Å². The van der Waals surface area contributed by atoms with Crippen LogP contribution in [0.4, 0.5) is 11.8 Å². The molecule has 0 radical (unpaired) electrons. The van der Waals surface area contributed by atoms with Crippen LogP contribution in [0.15, 0.2) is 42.7 Å². The van der Waals surface area contributed by atoms with Crippen molar-refractivity contribution in [3.8, 4) is 11.4 Å². The molecule has 1 amide bonds. The number of anilines is 2. The monoisotopic (exact) mass is 521 g/mol. The number of benzene rings is 1. The lowest BCUT2D eigenvalue weighted by atomic mass is 10.1. The van der Waals surface area contributed by atoms with E-state index in [4.69, 9.17) is 19.9 Å². The molecule has 1 aromatic carbocycles. The Morgan fingerprint density at radius 3 is 2.68 bits per heavy atom. The molecule has 3 N–H and O–H groups in total. The van der Waals surface area contributed by atoms with Crippen molar-refractivity contribution in [3.05, 3.63) is 58.7 Å². The van der Waals surface area contributed by atoms with E-state index in [0.717, 1.165) is 45.1 Å². The van der Waals surface area contributed by atoms with Crippen LogP contribution in [0.5, 0.6) is 0 Å². The third-order valence-corrected chi connectivity index (χ3v) is 7.18. The van der Waals surface area contributed by atoms with Gasteiger partial charge >= 0.3 is 0 Å². The third-order valence-electron chi connectivity index (χ3n) is 6.08. The highest BCUT2D eigenvalue weighted by Crippen LogP contribution is 2.35. The van der Waals surface area contributed by atoms with Crippen LogP contribution in [0.3, 0.4) is 0 Å². The van der Waals surface area contributed by atoms with Crippen LogP contribution in [-0.2, 0) is 11.3 Å². The fourth-order valence-electron chi connectivity index (χ4n) is 4.10. The van der Waals surface area contributed by atoms with Crippen molar-refractivity contribution in [2.24, 2.45) is 0 Å². The number of ether oxygens (including phenoxy) is 1. The van der Waals surface area contributed by atoms with E-state index in [1.807, 2.05) is 36.2 Å².